The highest BCUT2D eigenvalue weighted by Crippen LogP contribution is 2.21. The van der Waals surface area contributed by atoms with E-state index in [9.17, 15) is 4.39 Å². The van der Waals surface area contributed by atoms with Crippen LogP contribution in [0.1, 0.15) is 23.6 Å². The van der Waals surface area contributed by atoms with Gasteiger partial charge in [0.1, 0.15) is 11.6 Å². The maximum absolute atomic E-state index is 13.6. The van der Waals surface area contributed by atoms with Crippen LogP contribution in [-0.2, 0) is 6.54 Å². The molecule has 2 rings (SSSR count). The Kier molecular flexibility index (Phi) is 5.12. The molecule has 0 saturated carbocycles. The van der Waals surface area contributed by atoms with Crippen LogP contribution in [0.5, 0.6) is 0 Å². The molecule has 21 heavy (non-hydrogen) atoms. The number of benzene rings is 1. The Morgan fingerprint density at radius 1 is 1.19 bits per heavy atom. The minimum absolute atomic E-state index is 0.142. The van der Waals surface area contributed by atoms with Gasteiger partial charge in [-0.1, -0.05) is 12.1 Å². The maximum Gasteiger partial charge on any atom is 0.224 e. The van der Waals surface area contributed by atoms with E-state index >= 15 is 0 Å². The fourth-order valence-corrected chi connectivity index (χ4v) is 2.39. The minimum Gasteiger partial charge on any atom is -0.365 e. The Morgan fingerprint density at radius 3 is 2.48 bits per heavy atom. The summed E-state index contributed by atoms with van der Waals surface area (Å²) in [5, 5.41) is 6.31. The molecular weight excluding hydrogens is 335 g/mol. The Labute approximate surface area is 132 Å². The molecule has 1 heterocycles. The van der Waals surface area contributed by atoms with Gasteiger partial charge in [-0.05, 0) is 53.4 Å². The van der Waals surface area contributed by atoms with Gasteiger partial charge in [0.2, 0.25) is 5.95 Å². The van der Waals surface area contributed by atoms with Crippen LogP contribution in [0.2, 0.25) is 0 Å². The van der Waals surface area contributed by atoms with Crippen molar-refractivity contribution in [1.82, 2.24) is 9.97 Å². The van der Waals surface area contributed by atoms with Gasteiger partial charge in [-0.25, -0.2) is 9.37 Å². The number of aryl methyl sites for hydroxylation is 2. The zero-order chi connectivity index (χ0) is 15.4. The normalized spacial score (nSPS) is 10.5. The van der Waals surface area contributed by atoms with Crippen molar-refractivity contribution in [2.75, 3.05) is 17.2 Å². The highest BCUT2D eigenvalue weighted by atomic mass is 79.9. The number of halogens is 2. The number of hydrogen-bond acceptors (Lipinski definition) is 4. The number of anilines is 2. The molecule has 1 aromatic carbocycles. The van der Waals surface area contributed by atoms with E-state index in [0.717, 1.165) is 16.6 Å². The van der Waals surface area contributed by atoms with Gasteiger partial charge in [0.05, 0.1) is 4.47 Å². The van der Waals surface area contributed by atoms with Gasteiger partial charge >= 0.3 is 0 Å². The molecule has 2 aromatic rings. The molecule has 0 atom stereocenters. The van der Waals surface area contributed by atoms with Gasteiger partial charge in [-0.15, -0.1) is 0 Å². The minimum atomic E-state index is -0.142. The van der Waals surface area contributed by atoms with Crippen molar-refractivity contribution in [2.24, 2.45) is 0 Å². The molecule has 0 saturated heterocycles. The average Bonchev–Trinajstić information content (AvgIpc) is 2.45. The lowest BCUT2D eigenvalue weighted by atomic mass is 10.1. The van der Waals surface area contributed by atoms with Gasteiger partial charge in [0.25, 0.3) is 0 Å². The molecule has 0 aliphatic heterocycles. The third-order valence-corrected chi connectivity index (χ3v) is 3.62. The molecule has 6 heteroatoms. The van der Waals surface area contributed by atoms with Crippen molar-refractivity contribution < 1.29 is 4.39 Å². The highest BCUT2D eigenvalue weighted by molar-refractivity contribution is 9.10. The molecule has 0 bridgehead atoms. The summed E-state index contributed by atoms with van der Waals surface area (Å²) in [5.41, 5.74) is 2.32. The summed E-state index contributed by atoms with van der Waals surface area (Å²) in [6.45, 7) is 6.87. The second kappa shape index (κ2) is 6.85. The summed E-state index contributed by atoms with van der Waals surface area (Å²) in [6.07, 6.45) is 1.70. The quantitative estimate of drug-likeness (QED) is 0.852. The SMILES string of the molecule is CCNc1ncc(Br)c(NCc2cc(C)c(F)c(C)c2)n1. The molecular formula is C15H18BrFN4. The molecule has 0 amide bonds. The molecule has 112 valence electrons. The van der Waals surface area contributed by atoms with Gasteiger partial charge < -0.3 is 10.6 Å². The van der Waals surface area contributed by atoms with Crippen molar-refractivity contribution in [1.29, 1.82) is 0 Å². The molecule has 0 unspecified atom stereocenters. The van der Waals surface area contributed by atoms with Crippen molar-refractivity contribution in [3.63, 3.8) is 0 Å². The predicted molar refractivity (Wildman–Crippen MR) is 87.1 cm³/mol. The van der Waals surface area contributed by atoms with Gasteiger partial charge in [-0.3, -0.25) is 0 Å². The van der Waals surface area contributed by atoms with Crippen LogP contribution >= 0.6 is 15.9 Å². The van der Waals surface area contributed by atoms with Crippen molar-refractivity contribution in [2.45, 2.75) is 27.3 Å². The van der Waals surface area contributed by atoms with E-state index in [2.05, 4.69) is 36.5 Å². The zero-order valence-corrected chi connectivity index (χ0v) is 13.9. The molecule has 0 spiro atoms. The van der Waals surface area contributed by atoms with Gasteiger partial charge in [0.15, 0.2) is 0 Å². The molecule has 0 aliphatic carbocycles. The van der Waals surface area contributed by atoms with E-state index in [-0.39, 0.29) is 5.82 Å². The topological polar surface area (TPSA) is 49.8 Å². The Hall–Kier alpha value is -1.69. The van der Waals surface area contributed by atoms with Crippen molar-refractivity contribution >= 4 is 27.7 Å². The molecule has 1 aromatic heterocycles. The van der Waals surface area contributed by atoms with Crippen LogP contribution < -0.4 is 10.6 Å². The first-order valence-corrected chi connectivity index (χ1v) is 7.56. The second-order valence-corrected chi connectivity index (χ2v) is 5.67. The molecule has 2 N–H and O–H groups in total. The molecule has 4 nitrogen and oxygen atoms in total. The van der Waals surface area contributed by atoms with E-state index in [4.69, 9.17) is 0 Å². The standard InChI is InChI=1S/C15H18BrFN4/c1-4-18-15-20-8-12(16)14(21-15)19-7-11-5-9(2)13(17)10(3)6-11/h5-6,8H,4,7H2,1-3H3,(H2,18,19,20,21). The molecule has 0 radical (unpaired) electrons. The summed E-state index contributed by atoms with van der Waals surface area (Å²) in [7, 11) is 0. The van der Waals surface area contributed by atoms with E-state index < -0.39 is 0 Å². The van der Waals surface area contributed by atoms with Crippen LogP contribution in [0.15, 0.2) is 22.8 Å². The van der Waals surface area contributed by atoms with Gasteiger partial charge in [-0.2, -0.15) is 4.98 Å². The second-order valence-electron chi connectivity index (χ2n) is 4.82. The lowest BCUT2D eigenvalue weighted by molar-refractivity contribution is 0.608. The van der Waals surface area contributed by atoms with Crippen LogP contribution in [0.25, 0.3) is 0 Å². The largest absolute Gasteiger partial charge is 0.365 e. The molecule has 0 aliphatic rings. The lowest BCUT2D eigenvalue weighted by Crippen LogP contribution is -2.07. The zero-order valence-electron chi connectivity index (χ0n) is 12.3. The van der Waals surface area contributed by atoms with Crippen LogP contribution in [-0.4, -0.2) is 16.5 Å². The number of aromatic nitrogens is 2. The van der Waals surface area contributed by atoms with Gasteiger partial charge in [0, 0.05) is 19.3 Å². The smallest absolute Gasteiger partial charge is 0.224 e. The van der Waals surface area contributed by atoms with Crippen molar-refractivity contribution in [3.8, 4) is 0 Å². The van der Waals surface area contributed by atoms with Crippen molar-refractivity contribution in [3.05, 3.63) is 45.3 Å². The lowest BCUT2D eigenvalue weighted by Gasteiger charge is -2.11. The van der Waals surface area contributed by atoms with E-state index in [1.54, 1.807) is 20.0 Å². The highest BCUT2D eigenvalue weighted by Gasteiger charge is 2.07. The Morgan fingerprint density at radius 2 is 1.86 bits per heavy atom. The number of rotatable bonds is 5. The van der Waals surface area contributed by atoms with Crippen LogP contribution in [0.3, 0.4) is 0 Å². The van der Waals surface area contributed by atoms with E-state index in [1.165, 1.54) is 0 Å². The van der Waals surface area contributed by atoms with Crippen LogP contribution in [0.4, 0.5) is 16.2 Å². The molecule has 0 fully saturated rings. The van der Waals surface area contributed by atoms with Crippen LogP contribution in [0, 0.1) is 19.7 Å². The third-order valence-electron chi connectivity index (χ3n) is 3.04. The third kappa shape index (κ3) is 3.91. The Balaban J connectivity index is 2.14. The average molecular weight is 353 g/mol. The summed E-state index contributed by atoms with van der Waals surface area (Å²) in [6, 6.07) is 3.69. The number of hydrogen-bond donors (Lipinski definition) is 2. The number of nitrogens with one attached hydrogen (secondary N) is 2. The van der Waals surface area contributed by atoms with E-state index in [1.807, 2.05) is 19.1 Å². The predicted octanol–water partition coefficient (Wildman–Crippen LogP) is 4.04. The first-order chi connectivity index (χ1) is 10.0. The summed E-state index contributed by atoms with van der Waals surface area (Å²) >= 11 is 3.42. The first kappa shape index (κ1) is 15.7. The Bertz CT molecular complexity index is 623. The summed E-state index contributed by atoms with van der Waals surface area (Å²) in [4.78, 5) is 8.55. The number of nitrogens with zero attached hydrogens (tertiary/aromatic N) is 2. The summed E-state index contributed by atoms with van der Waals surface area (Å²) < 4.78 is 14.4. The fourth-order valence-electron chi connectivity index (χ4n) is 2.06. The van der Waals surface area contributed by atoms with E-state index in [0.29, 0.717) is 29.4 Å². The fraction of sp³-hybridized carbons (Fsp3) is 0.333. The monoisotopic (exact) mass is 352 g/mol. The first-order valence-electron chi connectivity index (χ1n) is 6.77. The maximum atomic E-state index is 13.6. The summed E-state index contributed by atoms with van der Waals surface area (Å²) in [5.74, 6) is 1.15.